The van der Waals surface area contributed by atoms with Gasteiger partial charge in [0, 0.05) is 12.0 Å². The Morgan fingerprint density at radius 1 is 1.13 bits per heavy atom. The fourth-order valence-electron chi connectivity index (χ4n) is 3.91. The van der Waals surface area contributed by atoms with Crippen LogP contribution in [0.15, 0.2) is 48.6 Å². The molecule has 0 spiro atoms. The monoisotopic (exact) mass is 311 g/mol. The maximum absolute atomic E-state index is 14.3. The summed E-state index contributed by atoms with van der Waals surface area (Å²) in [5.41, 5.74) is 3.64. The lowest BCUT2D eigenvalue weighted by Crippen LogP contribution is -2.29. The Kier molecular flexibility index (Phi) is 3.44. The molecule has 0 bridgehead atoms. The third-order valence-electron chi connectivity index (χ3n) is 5.13. The van der Waals surface area contributed by atoms with Gasteiger partial charge in [-0.3, -0.25) is 0 Å². The Morgan fingerprint density at radius 2 is 1.91 bits per heavy atom. The molecule has 1 N–H and O–H groups in total. The molecular formula is C20H19F2N. The van der Waals surface area contributed by atoms with Crippen LogP contribution < -0.4 is 5.32 Å². The van der Waals surface area contributed by atoms with Gasteiger partial charge in [0.05, 0.1) is 11.7 Å². The molecule has 118 valence electrons. The number of halogens is 2. The molecule has 0 fully saturated rings. The predicted molar refractivity (Wildman–Crippen MR) is 88.5 cm³/mol. The van der Waals surface area contributed by atoms with Crippen LogP contribution in [0.2, 0.25) is 0 Å². The van der Waals surface area contributed by atoms with Crippen molar-refractivity contribution >= 4 is 5.69 Å². The molecule has 0 saturated carbocycles. The van der Waals surface area contributed by atoms with Crippen LogP contribution in [-0.2, 0) is 6.42 Å². The Bertz CT molecular complexity index is 764. The molecule has 4 rings (SSSR count). The van der Waals surface area contributed by atoms with E-state index in [1.54, 1.807) is 0 Å². The minimum atomic E-state index is -0.507. The number of hydrogen-bond donors (Lipinski definition) is 1. The summed E-state index contributed by atoms with van der Waals surface area (Å²) < 4.78 is 27.9. The number of rotatable bonds is 2. The second kappa shape index (κ2) is 5.48. The van der Waals surface area contributed by atoms with Crippen LogP contribution in [0.4, 0.5) is 14.5 Å². The number of allylic oxidation sites excluding steroid dienone is 2. The van der Waals surface area contributed by atoms with E-state index in [-0.39, 0.29) is 12.0 Å². The molecule has 2 aliphatic rings. The van der Waals surface area contributed by atoms with Crippen molar-refractivity contribution in [2.24, 2.45) is 5.92 Å². The third-order valence-corrected chi connectivity index (χ3v) is 5.13. The molecule has 1 aliphatic carbocycles. The highest BCUT2D eigenvalue weighted by Gasteiger charge is 2.39. The van der Waals surface area contributed by atoms with Gasteiger partial charge < -0.3 is 5.32 Å². The smallest absolute Gasteiger partial charge is 0.149 e. The van der Waals surface area contributed by atoms with E-state index in [2.05, 4.69) is 48.7 Å². The number of benzene rings is 2. The van der Waals surface area contributed by atoms with Crippen molar-refractivity contribution in [2.45, 2.75) is 31.7 Å². The van der Waals surface area contributed by atoms with Gasteiger partial charge in [0.15, 0.2) is 0 Å². The number of aryl methyl sites for hydroxylation is 1. The fourth-order valence-corrected chi connectivity index (χ4v) is 3.91. The van der Waals surface area contributed by atoms with Gasteiger partial charge in [-0.2, -0.15) is 0 Å². The first kappa shape index (κ1) is 14.4. The van der Waals surface area contributed by atoms with E-state index in [4.69, 9.17) is 0 Å². The lowest BCUT2D eigenvalue weighted by Gasteiger charge is -2.37. The zero-order valence-electron chi connectivity index (χ0n) is 13.0. The fraction of sp³-hybridized carbons (Fsp3) is 0.300. The predicted octanol–water partition coefficient (Wildman–Crippen LogP) is 5.35. The largest absolute Gasteiger partial charge is 0.375 e. The van der Waals surface area contributed by atoms with Gasteiger partial charge in [-0.1, -0.05) is 43.3 Å². The van der Waals surface area contributed by atoms with E-state index in [1.807, 2.05) is 0 Å². The van der Waals surface area contributed by atoms with Gasteiger partial charge >= 0.3 is 0 Å². The molecule has 0 amide bonds. The van der Waals surface area contributed by atoms with E-state index in [0.29, 0.717) is 11.6 Å². The molecule has 1 aliphatic heterocycles. The van der Waals surface area contributed by atoms with Gasteiger partial charge in [-0.05, 0) is 41.5 Å². The summed E-state index contributed by atoms with van der Waals surface area (Å²) in [6, 6.07) is 11.0. The van der Waals surface area contributed by atoms with Crippen LogP contribution in [0.3, 0.4) is 0 Å². The Labute approximate surface area is 135 Å². The highest BCUT2D eigenvalue weighted by molar-refractivity contribution is 5.60. The Balaban J connectivity index is 1.78. The molecule has 0 aromatic heterocycles. The van der Waals surface area contributed by atoms with Gasteiger partial charge in [0.25, 0.3) is 0 Å². The standard InChI is InChI=1S/C20H19F2N/c1-2-12-6-8-13(9-7-12)19-16-5-3-4-15(16)17-10-14(21)11-18(22)20(17)23-19/h3-4,6-11,15-16,19,23H,2,5H2,1H3/t15-,16-,19+/m1/s1. The lowest BCUT2D eigenvalue weighted by molar-refractivity contribution is 0.418. The topological polar surface area (TPSA) is 12.0 Å². The summed E-state index contributed by atoms with van der Waals surface area (Å²) >= 11 is 0. The van der Waals surface area contributed by atoms with Crippen molar-refractivity contribution in [3.63, 3.8) is 0 Å². The molecule has 2 aromatic carbocycles. The molecule has 0 saturated heterocycles. The second-order valence-corrected chi connectivity index (χ2v) is 6.42. The quantitative estimate of drug-likeness (QED) is 0.737. The molecule has 1 nitrogen and oxygen atoms in total. The van der Waals surface area contributed by atoms with Gasteiger partial charge in [-0.15, -0.1) is 0 Å². The SMILES string of the molecule is CCc1ccc([C@@H]2Nc3c(F)cc(F)cc3[C@@H]3C=CC[C@H]32)cc1. The number of anilines is 1. The maximum Gasteiger partial charge on any atom is 0.149 e. The van der Waals surface area contributed by atoms with Crippen molar-refractivity contribution in [3.05, 3.63) is 76.9 Å². The van der Waals surface area contributed by atoms with E-state index in [9.17, 15) is 8.78 Å². The van der Waals surface area contributed by atoms with E-state index < -0.39 is 11.6 Å². The van der Waals surface area contributed by atoms with Crippen LogP contribution in [0.1, 0.15) is 42.0 Å². The maximum atomic E-state index is 14.3. The highest BCUT2D eigenvalue weighted by atomic mass is 19.1. The molecule has 3 atom stereocenters. The lowest BCUT2D eigenvalue weighted by atomic mass is 9.77. The van der Waals surface area contributed by atoms with Crippen molar-refractivity contribution in [3.8, 4) is 0 Å². The average Bonchev–Trinajstić information content (AvgIpc) is 3.04. The minimum Gasteiger partial charge on any atom is -0.375 e. The second-order valence-electron chi connectivity index (χ2n) is 6.42. The summed E-state index contributed by atoms with van der Waals surface area (Å²) in [6.45, 7) is 2.13. The zero-order chi connectivity index (χ0) is 16.0. The zero-order valence-corrected chi connectivity index (χ0v) is 13.0. The molecule has 1 heterocycles. The Hall–Kier alpha value is -2.16. The van der Waals surface area contributed by atoms with Crippen molar-refractivity contribution < 1.29 is 8.78 Å². The molecule has 3 heteroatoms. The molecule has 23 heavy (non-hydrogen) atoms. The number of nitrogens with one attached hydrogen (secondary N) is 1. The van der Waals surface area contributed by atoms with E-state index >= 15 is 0 Å². The van der Waals surface area contributed by atoms with Crippen molar-refractivity contribution in [2.75, 3.05) is 5.32 Å². The first-order valence-corrected chi connectivity index (χ1v) is 8.18. The van der Waals surface area contributed by atoms with E-state index in [1.165, 1.54) is 11.6 Å². The summed E-state index contributed by atoms with van der Waals surface area (Å²) in [5, 5.41) is 3.34. The summed E-state index contributed by atoms with van der Waals surface area (Å²) in [7, 11) is 0. The highest BCUT2D eigenvalue weighted by Crippen LogP contribution is 2.50. The van der Waals surface area contributed by atoms with Crippen molar-refractivity contribution in [1.29, 1.82) is 0 Å². The minimum absolute atomic E-state index is 0.0494. The van der Waals surface area contributed by atoms with Crippen LogP contribution in [0.25, 0.3) is 0 Å². The number of fused-ring (bicyclic) bond motifs is 3. The third kappa shape index (κ3) is 2.35. The van der Waals surface area contributed by atoms with Gasteiger partial charge in [-0.25, -0.2) is 8.78 Å². The number of hydrogen-bond acceptors (Lipinski definition) is 1. The first-order valence-electron chi connectivity index (χ1n) is 8.18. The van der Waals surface area contributed by atoms with Crippen molar-refractivity contribution in [1.82, 2.24) is 0 Å². The molecule has 0 unspecified atom stereocenters. The van der Waals surface area contributed by atoms with Crippen LogP contribution >= 0.6 is 0 Å². The molecule has 2 aromatic rings. The first-order chi connectivity index (χ1) is 11.2. The average molecular weight is 311 g/mol. The van der Waals surface area contributed by atoms with Gasteiger partial charge in [0.1, 0.15) is 11.6 Å². The summed E-state index contributed by atoms with van der Waals surface area (Å²) in [6.07, 6.45) is 6.15. The Morgan fingerprint density at radius 3 is 2.65 bits per heavy atom. The van der Waals surface area contributed by atoms with Crippen LogP contribution in [0.5, 0.6) is 0 Å². The normalized spacial score (nSPS) is 24.9. The van der Waals surface area contributed by atoms with E-state index in [0.717, 1.165) is 30.0 Å². The summed E-state index contributed by atoms with van der Waals surface area (Å²) in [5.74, 6) is -0.634. The van der Waals surface area contributed by atoms with Crippen LogP contribution in [-0.4, -0.2) is 0 Å². The summed E-state index contributed by atoms with van der Waals surface area (Å²) in [4.78, 5) is 0. The van der Waals surface area contributed by atoms with Crippen LogP contribution in [0, 0.1) is 17.6 Å². The molecule has 0 radical (unpaired) electrons. The van der Waals surface area contributed by atoms with Gasteiger partial charge in [0.2, 0.25) is 0 Å². The molecular weight excluding hydrogens is 292 g/mol.